The van der Waals surface area contributed by atoms with Crippen molar-refractivity contribution in [2.45, 2.75) is 38.3 Å². The van der Waals surface area contributed by atoms with Crippen molar-refractivity contribution in [1.82, 2.24) is 9.55 Å². The van der Waals surface area contributed by atoms with E-state index in [1.165, 1.54) is 18.4 Å². The van der Waals surface area contributed by atoms with Gasteiger partial charge in [-0.1, -0.05) is 15.9 Å². The van der Waals surface area contributed by atoms with Crippen LogP contribution in [0.1, 0.15) is 38.6 Å². The van der Waals surface area contributed by atoms with Crippen LogP contribution in [-0.2, 0) is 5.54 Å². The van der Waals surface area contributed by atoms with Crippen LogP contribution in [0.15, 0.2) is 22.7 Å². The maximum absolute atomic E-state index is 6.23. The van der Waals surface area contributed by atoms with Crippen LogP contribution >= 0.6 is 15.9 Å². The lowest BCUT2D eigenvalue weighted by Gasteiger charge is -2.20. The van der Waals surface area contributed by atoms with Crippen molar-refractivity contribution in [1.29, 1.82) is 0 Å². The number of imidazole rings is 1. The molecule has 0 spiro atoms. The van der Waals surface area contributed by atoms with Gasteiger partial charge in [0.15, 0.2) is 0 Å². The Hall–Kier alpha value is -0.870. The second kappa shape index (κ2) is 3.56. The quantitative estimate of drug-likeness (QED) is 0.923. The van der Waals surface area contributed by atoms with Gasteiger partial charge >= 0.3 is 0 Å². The number of aromatic nitrogens is 2. The lowest BCUT2D eigenvalue weighted by molar-refractivity contribution is 0.482. The fraction of sp³-hybridized carbons (Fsp3) is 0.462. The molecule has 4 heteroatoms. The van der Waals surface area contributed by atoms with Crippen LogP contribution in [0.4, 0.5) is 0 Å². The second-order valence-corrected chi connectivity index (χ2v) is 6.31. The van der Waals surface area contributed by atoms with E-state index in [1.807, 2.05) is 13.8 Å². The first-order valence-electron chi connectivity index (χ1n) is 5.93. The molecule has 0 unspecified atom stereocenters. The van der Waals surface area contributed by atoms with Crippen LogP contribution in [0.5, 0.6) is 0 Å². The molecule has 1 aliphatic rings. The third-order valence-electron chi connectivity index (χ3n) is 3.14. The van der Waals surface area contributed by atoms with Crippen LogP contribution in [-0.4, -0.2) is 9.55 Å². The van der Waals surface area contributed by atoms with Crippen LogP contribution < -0.4 is 5.73 Å². The molecule has 1 heterocycles. The van der Waals surface area contributed by atoms with Gasteiger partial charge in [-0.05, 0) is 44.9 Å². The zero-order valence-electron chi connectivity index (χ0n) is 10.1. The standard InChI is InChI=1S/C13H16BrN3/c1-13(2,15)12-16-10-7-8(14)3-6-11(10)17(12)9-4-5-9/h3,6-7,9H,4-5,15H2,1-2H3. The van der Waals surface area contributed by atoms with Crippen molar-refractivity contribution in [3.05, 3.63) is 28.5 Å². The van der Waals surface area contributed by atoms with E-state index in [1.54, 1.807) is 0 Å². The molecule has 0 aliphatic heterocycles. The van der Waals surface area contributed by atoms with Crippen LogP contribution in [0.2, 0.25) is 0 Å². The summed E-state index contributed by atoms with van der Waals surface area (Å²) in [6.45, 7) is 4.03. The van der Waals surface area contributed by atoms with Crippen LogP contribution in [0.25, 0.3) is 11.0 Å². The van der Waals surface area contributed by atoms with Crippen molar-refractivity contribution >= 4 is 27.0 Å². The molecule has 0 saturated heterocycles. The Kier molecular flexibility index (Phi) is 2.35. The maximum Gasteiger partial charge on any atom is 0.129 e. The van der Waals surface area contributed by atoms with Crippen molar-refractivity contribution in [2.24, 2.45) is 5.73 Å². The largest absolute Gasteiger partial charge is 0.323 e. The summed E-state index contributed by atoms with van der Waals surface area (Å²) in [4.78, 5) is 4.71. The van der Waals surface area contributed by atoms with Gasteiger partial charge in [-0.3, -0.25) is 0 Å². The van der Waals surface area contributed by atoms with Gasteiger partial charge in [-0.2, -0.15) is 0 Å². The number of rotatable bonds is 2. The average Bonchev–Trinajstić information content (AvgIpc) is 2.97. The highest BCUT2D eigenvalue weighted by atomic mass is 79.9. The Morgan fingerprint density at radius 3 is 2.71 bits per heavy atom. The minimum absolute atomic E-state index is 0.395. The third-order valence-corrected chi connectivity index (χ3v) is 3.63. The van der Waals surface area contributed by atoms with Crippen molar-refractivity contribution in [3.8, 4) is 0 Å². The SMILES string of the molecule is CC(C)(N)c1nc2cc(Br)ccc2n1C1CC1. The Labute approximate surface area is 109 Å². The lowest BCUT2D eigenvalue weighted by atomic mass is 10.1. The van der Waals surface area contributed by atoms with Crippen molar-refractivity contribution < 1.29 is 0 Å². The molecule has 1 aromatic heterocycles. The minimum atomic E-state index is -0.395. The Morgan fingerprint density at radius 1 is 1.41 bits per heavy atom. The predicted molar refractivity (Wildman–Crippen MR) is 72.9 cm³/mol. The zero-order chi connectivity index (χ0) is 12.2. The third kappa shape index (κ3) is 1.89. The predicted octanol–water partition coefficient (Wildman–Crippen LogP) is 3.33. The van der Waals surface area contributed by atoms with E-state index in [9.17, 15) is 0 Å². The van der Waals surface area contributed by atoms with E-state index < -0.39 is 5.54 Å². The molecule has 1 aromatic carbocycles. The molecular weight excluding hydrogens is 278 g/mol. The topological polar surface area (TPSA) is 43.8 Å². The van der Waals surface area contributed by atoms with E-state index >= 15 is 0 Å². The zero-order valence-corrected chi connectivity index (χ0v) is 11.7. The Balaban J connectivity index is 2.30. The molecule has 3 nitrogen and oxygen atoms in total. The van der Waals surface area contributed by atoms with Gasteiger partial charge in [-0.25, -0.2) is 4.98 Å². The number of halogens is 1. The fourth-order valence-electron chi connectivity index (χ4n) is 2.23. The molecule has 0 atom stereocenters. The van der Waals surface area contributed by atoms with Gasteiger partial charge in [0.2, 0.25) is 0 Å². The summed E-state index contributed by atoms with van der Waals surface area (Å²) in [5.41, 5.74) is 8.06. The van der Waals surface area contributed by atoms with E-state index in [0.717, 1.165) is 15.8 Å². The minimum Gasteiger partial charge on any atom is -0.323 e. The van der Waals surface area contributed by atoms with E-state index in [-0.39, 0.29) is 0 Å². The van der Waals surface area contributed by atoms with E-state index in [2.05, 4.69) is 38.7 Å². The molecule has 0 amide bonds. The number of fused-ring (bicyclic) bond motifs is 1. The lowest BCUT2D eigenvalue weighted by Crippen LogP contribution is -2.32. The number of nitrogens with two attached hydrogens (primary N) is 1. The van der Waals surface area contributed by atoms with Gasteiger partial charge in [-0.15, -0.1) is 0 Å². The highest BCUT2D eigenvalue weighted by Gasteiger charge is 2.32. The molecule has 2 aromatic rings. The van der Waals surface area contributed by atoms with Gasteiger partial charge in [0.25, 0.3) is 0 Å². The normalized spacial score (nSPS) is 16.7. The molecular formula is C13H16BrN3. The first-order chi connectivity index (χ1) is 7.97. The molecule has 90 valence electrons. The Bertz CT molecular complexity index is 576. The highest BCUT2D eigenvalue weighted by molar-refractivity contribution is 9.10. The van der Waals surface area contributed by atoms with Crippen molar-refractivity contribution in [3.63, 3.8) is 0 Å². The second-order valence-electron chi connectivity index (χ2n) is 5.39. The summed E-state index contributed by atoms with van der Waals surface area (Å²) < 4.78 is 3.38. The molecule has 17 heavy (non-hydrogen) atoms. The molecule has 2 N–H and O–H groups in total. The van der Waals surface area contributed by atoms with Crippen LogP contribution in [0.3, 0.4) is 0 Å². The van der Waals surface area contributed by atoms with Gasteiger partial charge in [0, 0.05) is 10.5 Å². The summed E-state index contributed by atoms with van der Waals surface area (Å²) in [5, 5.41) is 0. The number of nitrogens with zero attached hydrogens (tertiary/aromatic N) is 2. The van der Waals surface area contributed by atoms with Crippen LogP contribution in [0, 0.1) is 0 Å². The first-order valence-corrected chi connectivity index (χ1v) is 6.73. The fourth-order valence-corrected chi connectivity index (χ4v) is 2.58. The van der Waals surface area contributed by atoms with Gasteiger partial charge in [0.05, 0.1) is 16.6 Å². The molecule has 1 saturated carbocycles. The smallest absolute Gasteiger partial charge is 0.129 e. The summed E-state index contributed by atoms with van der Waals surface area (Å²) in [5.74, 6) is 0.994. The summed E-state index contributed by atoms with van der Waals surface area (Å²) in [6.07, 6.45) is 2.48. The number of hydrogen-bond acceptors (Lipinski definition) is 2. The number of hydrogen-bond donors (Lipinski definition) is 1. The van der Waals surface area contributed by atoms with Gasteiger partial charge < -0.3 is 10.3 Å². The summed E-state index contributed by atoms with van der Waals surface area (Å²) >= 11 is 3.49. The Morgan fingerprint density at radius 2 is 2.12 bits per heavy atom. The molecule has 1 aliphatic carbocycles. The average molecular weight is 294 g/mol. The van der Waals surface area contributed by atoms with Gasteiger partial charge in [0.1, 0.15) is 5.82 Å². The molecule has 0 radical (unpaired) electrons. The summed E-state index contributed by atoms with van der Waals surface area (Å²) in [7, 11) is 0. The summed E-state index contributed by atoms with van der Waals surface area (Å²) in [6, 6.07) is 6.85. The maximum atomic E-state index is 6.23. The van der Waals surface area contributed by atoms with E-state index in [0.29, 0.717) is 6.04 Å². The van der Waals surface area contributed by atoms with E-state index in [4.69, 9.17) is 10.7 Å². The molecule has 3 rings (SSSR count). The van der Waals surface area contributed by atoms with Crippen molar-refractivity contribution in [2.75, 3.05) is 0 Å². The number of benzene rings is 1. The molecule has 1 fully saturated rings. The highest BCUT2D eigenvalue weighted by Crippen LogP contribution is 2.40. The molecule has 0 bridgehead atoms. The monoisotopic (exact) mass is 293 g/mol. The first kappa shape index (κ1) is 11.2.